The third-order valence-corrected chi connectivity index (χ3v) is 3.64. The van der Waals surface area contributed by atoms with Gasteiger partial charge in [-0.2, -0.15) is 5.10 Å². The van der Waals surface area contributed by atoms with Crippen LogP contribution in [0.3, 0.4) is 0 Å². The zero-order valence-electron chi connectivity index (χ0n) is 15.6. The minimum Gasteiger partial charge on any atom is -0.494 e. The molecule has 0 radical (unpaired) electrons. The summed E-state index contributed by atoms with van der Waals surface area (Å²) in [5.74, 6) is 0.718. The Morgan fingerprint density at radius 3 is 3.00 bits per heavy atom. The van der Waals surface area contributed by atoms with Crippen LogP contribution in [0.25, 0.3) is 0 Å². The predicted molar refractivity (Wildman–Crippen MR) is 103 cm³/mol. The predicted octanol–water partition coefficient (Wildman–Crippen LogP) is 3.86. The van der Waals surface area contributed by atoms with Crippen LogP contribution in [0.5, 0.6) is 0 Å². The van der Waals surface area contributed by atoms with Crippen molar-refractivity contribution in [2.75, 3.05) is 19.8 Å². The molecule has 1 heterocycles. The van der Waals surface area contributed by atoms with Gasteiger partial charge < -0.3 is 10.1 Å². The highest BCUT2D eigenvalue weighted by Gasteiger charge is 2.06. The number of rotatable bonds is 11. The van der Waals surface area contributed by atoms with Crippen molar-refractivity contribution in [3.63, 3.8) is 0 Å². The van der Waals surface area contributed by atoms with Crippen molar-refractivity contribution in [3.05, 3.63) is 36.3 Å². The fourth-order valence-electron chi connectivity index (χ4n) is 2.14. The van der Waals surface area contributed by atoms with Gasteiger partial charge in [0.15, 0.2) is 0 Å². The van der Waals surface area contributed by atoms with Gasteiger partial charge in [0.05, 0.1) is 6.61 Å². The van der Waals surface area contributed by atoms with Gasteiger partial charge in [0.2, 0.25) is 0 Å². The van der Waals surface area contributed by atoms with Crippen molar-refractivity contribution in [1.29, 1.82) is 0 Å². The number of nitrogens with zero attached hydrogens (tertiary/aromatic N) is 3. The Kier molecular flexibility index (Phi) is 9.77. The molecule has 1 aliphatic heterocycles. The van der Waals surface area contributed by atoms with Gasteiger partial charge in [-0.15, -0.1) is 0 Å². The van der Waals surface area contributed by atoms with E-state index < -0.39 is 0 Å². The summed E-state index contributed by atoms with van der Waals surface area (Å²) in [4.78, 5) is 4.36. The molecule has 1 aliphatic rings. The lowest BCUT2D eigenvalue weighted by Crippen LogP contribution is -2.27. The van der Waals surface area contributed by atoms with Crippen molar-refractivity contribution in [3.8, 4) is 0 Å². The maximum atomic E-state index is 5.56. The lowest BCUT2D eigenvalue weighted by atomic mass is 10.2. The maximum absolute atomic E-state index is 5.56. The number of hydrogen-bond acceptors (Lipinski definition) is 5. The van der Waals surface area contributed by atoms with Crippen molar-refractivity contribution < 1.29 is 4.74 Å². The van der Waals surface area contributed by atoms with Crippen LogP contribution in [-0.2, 0) is 4.74 Å². The van der Waals surface area contributed by atoms with E-state index in [1.54, 1.807) is 0 Å². The molecule has 0 fully saturated rings. The number of ether oxygens (including phenoxy) is 1. The van der Waals surface area contributed by atoms with E-state index >= 15 is 0 Å². The second-order valence-corrected chi connectivity index (χ2v) is 6.00. The number of allylic oxidation sites excluding steroid dienone is 3. The van der Waals surface area contributed by atoms with Gasteiger partial charge in [-0.05, 0) is 39.3 Å². The molecule has 0 aromatic rings. The lowest BCUT2D eigenvalue weighted by molar-refractivity contribution is 0.219. The fourth-order valence-corrected chi connectivity index (χ4v) is 2.14. The van der Waals surface area contributed by atoms with Crippen molar-refractivity contribution >= 4 is 11.9 Å². The minimum atomic E-state index is 0.228. The van der Waals surface area contributed by atoms with Gasteiger partial charge in [-0.25, -0.2) is 5.01 Å². The van der Waals surface area contributed by atoms with Crippen LogP contribution < -0.4 is 5.32 Å². The molecule has 0 aliphatic carbocycles. The molecule has 0 bridgehead atoms. The minimum absolute atomic E-state index is 0.228. The molecule has 0 aromatic carbocycles. The average molecular weight is 332 g/mol. The molecule has 0 spiro atoms. The third-order valence-electron chi connectivity index (χ3n) is 3.64. The summed E-state index contributed by atoms with van der Waals surface area (Å²) in [5, 5.41) is 9.68. The molecule has 1 N–H and O–H groups in total. The highest BCUT2D eigenvalue weighted by Crippen LogP contribution is 2.09. The number of unbranched alkanes of at least 4 members (excludes halogenated alkanes) is 2. The van der Waals surface area contributed by atoms with Crippen LogP contribution in [0.15, 0.2) is 46.4 Å². The summed E-state index contributed by atoms with van der Waals surface area (Å²) in [7, 11) is 0. The summed E-state index contributed by atoms with van der Waals surface area (Å²) in [6.07, 6.45) is 11.4. The quantitative estimate of drug-likeness (QED) is 0.270. The van der Waals surface area contributed by atoms with Gasteiger partial charge in [-0.1, -0.05) is 32.4 Å². The topological polar surface area (TPSA) is 49.2 Å². The van der Waals surface area contributed by atoms with E-state index in [0.717, 1.165) is 30.2 Å². The molecule has 5 heteroatoms. The zero-order chi connectivity index (χ0) is 17.8. The molecule has 0 saturated carbocycles. The second kappa shape index (κ2) is 11.6. The number of hydrogen-bond donors (Lipinski definition) is 1. The molecule has 1 atom stereocenters. The maximum Gasteiger partial charge on any atom is 0.131 e. The van der Waals surface area contributed by atoms with E-state index in [4.69, 9.17) is 4.74 Å². The molecule has 1 unspecified atom stereocenters. The van der Waals surface area contributed by atoms with Crippen molar-refractivity contribution in [1.82, 2.24) is 10.3 Å². The molecule has 1 rings (SSSR count). The van der Waals surface area contributed by atoms with E-state index in [0.29, 0.717) is 13.2 Å². The first-order valence-corrected chi connectivity index (χ1v) is 8.75. The normalized spacial score (nSPS) is 16.4. The number of hydrazone groups is 1. The number of aliphatic imine (C=N–C) groups is 1. The van der Waals surface area contributed by atoms with Gasteiger partial charge in [-0.3, -0.25) is 4.99 Å². The largest absolute Gasteiger partial charge is 0.494 e. The summed E-state index contributed by atoms with van der Waals surface area (Å²) in [5.41, 5.74) is 2.16. The highest BCUT2D eigenvalue weighted by atomic mass is 16.5. The molecule has 0 amide bonds. The van der Waals surface area contributed by atoms with Crippen LogP contribution in [0.4, 0.5) is 0 Å². The molecule has 0 aromatic heterocycles. The van der Waals surface area contributed by atoms with E-state index in [2.05, 4.69) is 41.9 Å². The van der Waals surface area contributed by atoms with E-state index in [1.165, 1.54) is 12.8 Å². The lowest BCUT2D eigenvalue weighted by Gasteiger charge is -2.21. The molecular formula is C19H32N4O. The SMILES string of the molecule is C=C(/C=C\C(C)NC/C=N\N1CN=C(C)C=C1C)OCCCCC. The van der Waals surface area contributed by atoms with E-state index in [1.807, 2.05) is 37.2 Å². The van der Waals surface area contributed by atoms with Crippen molar-refractivity contribution in [2.24, 2.45) is 10.1 Å². The Labute approximate surface area is 146 Å². The third kappa shape index (κ3) is 8.67. The Bertz CT molecular complexity index is 505. The molecule has 134 valence electrons. The molecular weight excluding hydrogens is 300 g/mol. The van der Waals surface area contributed by atoms with Crippen LogP contribution in [0, 0.1) is 0 Å². The van der Waals surface area contributed by atoms with Crippen LogP contribution in [0.2, 0.25) is 0 Å². The summed E-state index contributed by atoms with van der Waals surface area (Å²) in [6, 6.07) is 0.228. The van der Waals surface area contributed by atoms with Crippen LogP contribution in [0.1, 0.15) is 47.0 Å². The first-order chi connectivity index (χ1) is 11.5. The first-order valence-electron chi connectivity index (χ1n) is 8.75. The second-order valence-electron chi connectivity index (χ2n) is 6.00. The van der Waals surface area contributed by atoms with Crippen LogP contribution >= 0.6 is 0 Å². The van der Waals surface area contributed by atoms with Gasteiger partial charge in [0.1, 0.15) is 12.4 Å². The standard InChI is InChI=1S/C19H32N4O/c1-6-7-8-13-24-19(5)10-9-16(2)20-11-12-22-23-15-21-17(3)14-18(23)4/h9-10,12,14,16,20H,5-8,11,13,15H2,1-4H3/b10-9-,22-12-. The Hall–Kier alpha value is -1.88. The fraction of sp³-hybridized carbons (Fsp3) is 0.579. The smallest absolute Gasteiger partial charge is 0.131 e. The number of nitrogens with one attached hydrogen (secondary N) is 1. The Balaban J connectivity index is 2.20. The van der Waals surface area contributed by atoms with E-state index in [9.17, 15) is 0 Å². The summed E-state index contributed by atoms with van der Waals surface area (Å²) in [6.45, 7) is 14.3. The van der Waals surface area contributed by atoms with Gasteiger partial charge in [0, 0.05) is 30.2 Å². The average Bonchev–Trinajstić information content (AvgIpc) is 2.55. The molecule has 5 nitrogen and oxygen atoms in total. The van der Waals surface area contributed by atoms with Crippen molar-refractivity contribution in [2.45, 2.75) is 53.0 Å². The first kappa shape index (κ1) is 20.2. The molecule has 24 heavy (non-hydrogen) atoms. The Morgan fingerprint density at radius 1 is 1.50 bits per heavy atom. The summed E-state index contributed by atoms with van der Waals surface area (Å²) >= 11 is 0. The Morgan fingerprint density at radius 2 is 2.29 bits per heavy atom. The monoisotopic (exact) mass is 332 g/mol. The van der Waals surface area contributed by atoms with Crippen LogP contribution in [-0.4, -0.2) is 42.8 Å². The zero-order valence-corrected chi connectivity index (χ0v) is 15.6. The van der Waals surface area contributed by atoms with Gasteiger partial charge in [0.25, 0.3) is 0 Å². The molecule has 0 saturated heterocycles. The van der Waals surface area contributed by atoms with E-state index in [-0.39, 0.29) is 6.04 Å². The highest BCUT2D eigenvalue weighted by molar-refractivity contribution is 5.93. The van der Waals surface area contributed by atoms with Gasteiger partial charge >= 0.3 is 0 Å². The summed E-state index contributed by atoms with van der Waals surface area (Å²) < 4.78 is 5.56.